The molecule has 1 aromatic rings. The summed E-state index contributed by atoms with van der Waals surface area (Å²) in [4.78, 5) is 1.45. The number of benzene rings is 1. The molecular formula is C25H35N3S2. The summed E-state index contributed by atoms with van der Waals surface area (Å²) in [6.45, 7) is 4.62. The Bertz CT molecular complexity index is 817. The van der Waals surface area contributed by atoms with Crippen LogP contribution in [0, 0.1) is 24.2 Å². The highest BCUT2D eigenvalue weighted by Gasteiger charge is 2.22. The molecule has 1 unspecified atom stereocenters. The van der Waals surface area contributed by atoms with Gasteiger partial charge >= 0.3 is 0 Å². The van der Waals surface area contributed by atoms with Gasteiger partial charge in [-0.1, -0.05) is 86.8 Å². The number of hydrogen-bond acceptors (Lipinski definition) is 4. The minimum atomic E-state index is -0.0592. The van der Waals surface area contributed by atoms with Crippen LogP contribution in [0.1, 0.15) is 56.6 Å². The molecule has 0 saturated heterocycles. The van der Waals surface area contributed by atoms with Crippen LogP contribution in [0.15, 0.2) is 53.6 Å². The molecule has 4 N–H and O–H groups in total. The van der Waals surface area contributed by atoms with Crippen molar-refractivity contribution in [2.75, 3.05) is 6.54 Å². The molecule has 1 saturated carbocycles. The molecule has 0 radical (unpaired) electrons. The largest absolute Gasteiger partial charge is 0.404 e. The van der Waals surface area contributed by atoms with Crippen molar-refractivity contribution in [1.29, 1.82) is 5.41 Å². The van der Waals surface area contributed by atoms with Crippen molar-refractivity contribution < 1.29 is 0 Å². The van der Waals surface area contributed by atoms with E-state index in [2.05, 4.69) is 24.4 Å². The van der Waals surface area contributed by atoms with E-state index in [1.807, 2.05) is 37.3 Å². The molecule has 3 nitrogen and oxygen atoms in total. The van der Waals surface area contributed by atoms with E-state index in [0.717, 1.165) is 22.5 Å². The fourth-order valence-corrected chi connectivity index (χ4v) is 4.53. The molecule has 1 fully saturated rings. The Kier molecular flexibility index (Phi) is 10.4. The van der Waals surface area contributed by atoms with Crippen LogP contribution >= 0.6 is 24.8 Å². The maximum absolute atomic E-state index is 8.46. The summed E-state index contributed by atoms with van der Waals surface area (Å²) in [6.07, 6.45) is 14.7. The van der Waals surface area contributed by atoms with E-state index >= 15 is 0 Å². The van der Waals surface area contributed by atoms with Gasteiger partial charge in [0, 0.05) is 12.5 Å². The van der Waals surface area contributed by atoms with E-state index in [9.17, 15) is 0 Å². The average Bonchev–Trinajstić information content (AvgIpc) is 2.76. The molecule has 162 valence electrons. The van der Waals surface area contributed by atoms with E-state index in [1.54, 1.807) is 6.20 Å². The molecule has 5 heteroatoms. The summed E-state index contributed by atoms with van der Waals surface area (Å²) >= 11 is 10.3. The van der Waals surface area contributed by atoms with Crippen LogP contribution in [0.4, 0.5) is 0 Å². The molecule has 0 heterocycles. The lowest BCUT2D eigenvalue weighted by Crippen LogP contribution is -2.34. The molecule has 0 aliphatic heterocycles. The van der Waals surface area contributed by atoms with Crippen LogP contribution in [0.5, 0.6) is 0 Å². The van der Waals surface area contributed by atoms with E-state index in [0.29, 0.717) is 23.2 Å². The molecule has 0 spiro atoms. The summed E-state index contributed by atoms with van der Waals surface area (Å²) in [7, 11) is 0. The lowest BCUT2D eigenvalue weighted by molar-refractivity contribution is 0.368. The number of nitrogens with one attached hydrogen (secondary N) is 2. The van der Waals surface area contributed by atoms with Crippen molar-refractivity contribution in [3.05, 3.63) is 64.7 Å². The van der Waals surface area contributed by atoms with Crippen molar-refractivity contribution in [1.82, 2.24) is 5.32 Å². The molecule has 2 rings (SSSR count). The summed E-state index contributed by atoms with van der Waals surface area (Å²) in [5.74, 6) is 0.541. The third-order valence-electron chi connectivity index (χ3n) is 5.79. The SMILES string of the molecule is C/C=C\C=C(/S)C(CNC(=S)C(=N)CC1CCCCC1)/C(=C/N)c1ccccc1C. The second-order valence-electron chi connectivity index (χ2n) is 8.00. The first-order valence-electron chi connectivity index (χ1n) is 10.8. The van der Waals surface area contributed by atoms with E-state index in [-0.39, 0.29) is 5.92 Å². The predicted molar refractivity (Wildman–Crippen MR) is 138 cm³/mol. The highest BCUT2D eigenvalue weighted by atomic mass is 32.1. The van der Waals surface area contributed by atoms with E-state index in [1.165, 1.54) is 37.7 Å². The zero-order chi connectivity index (χ0) is 21.9. The Balaban J connectivity index is 2.14. The van der Waals surface area contributed by atoms with Crippen LogP contribution < -0.4 is 11.1 Å². The normalized spacial score (nSPS) is 17.2. The van der Waals surface area contributed by atoms with Crippen LogP contribution in [0.25, 0.3) is 5.57 Å². The monoisotopic (exact) mass is 441 g/mol. The Morgan fingerprint density at radius 3 is 2.63 bits per heavy atom. The maximum atomic E-state index is 8.46. The molecule has 30 heavy (non-hydrogen) atoms. The van der Waals surface area contributed by atoms with Crippen LogP contribution in [0.3, 0.4) is 0 Å². The smallest absolute Gasteiger partial charge is 0.120 e. The Morgan fingerprint density at radius 1 is 1.30 bits per heavy atom. The molecule has 1 atom stereocenters. The lowest BCUT2D eigenvalue weighted by atomic mass is 9.85. The van der Waals surface area contributed by atoms with Gasteiger partial charge in [0.2, 0.25) is 0 Å². The van der Waals surface area contributed by atoms with Gasteiger partial charge in [0.15, 0.2) is 0 Å². The second kappa shape index (κ2) is 12.8. The minimum Gasteiger partial charge on any atom is -0.404 e. The van der Waals surface area contributed by atoms with Gasteiger partial charge in [-0.25, -0.2) is 0 Å². The summed E-state index contributed by atoms with van der Waals surface area (Å²) in [5, 5.41) is 11.8. The minimum absolute atomic E-state index is 0.0592. The molecule has 0 bridgehead atoms. The first-order chi connectivity index (χ1) is 14.5. The van der Waals surface area contributed by atoms with Gasteiger partial charge in [0.25, 0.3) is 0 Å². The number of thiol groups is 1. The molecular weight excluding hydrogens is 406 g/mol. The quantitative estimate of drug-likeness (QED) is 0.159. The third-order valence-corrected chi connectivity index (χ3v) is 6.64. The van der Waals surface area contributed by atoms with Crippen molar-refractivity contribution in [2.24, 2.45) is 17.6 Å². The summed E-state index contributed by atoms with van der Waals surface area (Å²) in [5.41, 5.74) is 9.91. The topological polar surface area (TPSA) is 61.9 Å². The highest BCUT2D eigenvalue weighted by Crippen LogP contribution is 2.32. The highest BCUT2D eigenvalue weighted by molar-refractivity contribution is 7.84. The Morgan fingerprint density at radius 2 is 2.00 bits per heavy atom. The van der Waals surface area contributed by atoms with Gasteiger partial charge < -0.3 is 16.5 Å². The number of allylic oxidation sites excluding steroid dienone is 3. The van der Waals surface area contributed by atoms with Crippen molar-refractivity contribution in [3.63, 3.8) is 0 Å². The van der Waals surface area contributed by atoms with Crippen molar-refractivity contribution >= 4 is 41.1 Å². The van der Waals surface area contributed by atoms with Gasteiger partial charge in [0.05, 0.1) is 5.71 Å². The first-order valence-corrected chi connectivity index (χ1v) is 11.7. The number of nitrogens with two attached hydrogens (primary N) is 1. The zero-order valence-corrected chi connectivity index (χ0v) is 19.9. The Labute approximate surface area is 192 Å². The van der Waals surface area contributed by atoms with Crippen molar-refractivity contribution in [3.8, 4) is 0 Å². The molecule has 1 aliphatic rings. The lowest BCUT2D eigenvalue weighted by Gasteiger charge is -2.25. The molecule has 0 aromatic heterocycles. The average molecular weight is 442 g/mol. The standard InChI is InChI=1S/C25H35N3S2/c1-3-4-14-24(29)22(21(16-26)20-13-9-8-10-18(20)2)17-28-25(30)23(27)15-19-11-6-5-7-12-19/h3-4,8-10,13-14,16,19,22,27,29H,5-7,11-12,15,17,26H2,1-2H3,(H,28,30)/b4-3-,21-16+,24-14-,27-23?. The second-order valence-corrected chi connectivity index (χ2v) is 8.93. The van der Waals surface area contributed by atoms with Gasteiger partial charge in [-0.3, -0.25) is 0 Å². The summed E-state index contributed by atoms with van der Waals surface area (Å²) in [6, 6.07) is 8.22. The fraction of sp³-hybridized carbons (Fsp3) is 0.440. The van der Waals surface area contributed by atoms with Gasteiger partial charge in [-0.15, -0.1) is 12.6 Å². The van der Waals surface area contributed by atoms with E-state index in [4.69, 9.17) is 36.0 Å². The maximum Gasteiger partial charge on any atom is 0.120 e. The van der Waals surface area contributed by atoms with Gasteiger partial charge in [-0.2, -0.15) is 0 Å². The van der Waals surface area contributed by atoms with Crippen molar-refractivity contribution in [2.45, 2.75) is 52.4 Å². The number of thiocarbonyl (C=S) groups is 1. The fourth-order valence-electron chi connectivity index (χ4n) is 4.05. The first kappa shape index (κ1) is 24.4. The van der Waals surface area contributed by atoms with Crippen LogP contribution in [-0.4, -0.2) is 17.2 Å². The summed E-state index contributed by atoms with van der Waals surface area (Å²) < 4.78 is 0. The van der Waals surface area contributed by atoms with Gasteiger partial charge in [0.1, 0.15) is 4.99 Å². The number of aryl methyl sites for hydroxylation is 1. The third kappa shape index (κ3) is 7.13. The van der Waals surface area contributed by atoms with E-state index < -0.39 is 0 Å². The number of hydrogen-bond donors (Lipinski definition) is 4. The molecule has 1 aromatic carbocycles. The van der Waals surface area contributed by atoms with Gasteiger partial charge in [-0.05, 0) is 54.0 Å². The predicted octanol–water partition coefficient (Wildman–Crippen LogP) is 6.21. The zero-order valence-electron chi connectivity index (χ0n) is 18.2. The Hall–Kier alpha value is -1.85. The number of rotatable bonds is 9. The van der Waals surface area contributed by atoms with Crippen LogP contribution in [-0.2, 0) is 0 Å². The molecule has 0 amide bonds. The molecule has 1 aliphatic carbocycles. The van der Waals surface area contributed by atoms with Crippen LogP contribution in [0.2, 0.25) is 0 Å².